The van der Waals surface area contributed by atoms with Gasteiger partial charge in [0.15, 0.2) is 0 Å². The maximum Gasteiger partial charge on any atom is -0.0286 e. The van der Waals surface area contributed by atoms with E-state index in [1.807, 2.05) is 18.2 Å². The van der Waals surface area contributed by atoms with Crippen molar-refractivity contribution in [3.05, 3.63) is 49.6 Å². The maximum atomic E-state index is 3.84. The smallest absolute Gasteiger partial charge is 0.0286 e. The summed E-state index contributed by atoms with van der Waals surface area (Å²) >= 11 is 0. The molecule has 0 amide bonds. The van der Waals surface area contributed by atoms with Crippen LogP contribution >= 0.6 is 0 Å². The molecular formula is C21H36. The van der Waals surface area contributed by atoms with Crippen molar-refractivity contribution in [3.8, 4) is 0 Å². The zero-order chi connectivity index (χ0) is 15.6. The van der Waals surface area contributed by atoms with Gasteiger partial charge in [-0.2, -0.15) is 0 Å². The molecule has 0 rings (SSSR count). The summed E-state index contributed by atoms with van der Waals surface area (Å²) in [4.78, 5) is 0. The highest BCUT2D eigenvalue weighted by atomic mass is 14.0. The van der Waals surface area contributed by atoms with Crippen LogP contribution in [0.25, 0.3) is 0 Å². The first-order valence-electron chi connectivity index (χ1n) is 8.85. The minimum Gasteiger partial charge on any atom is -0.103 e. The molecule has 0 bridgehead atoms. The summed E-state index contributed by atoms with van der Waals surface area (Å²) in [5.41, 5.74) is 1.64. The van der Waals surface area contributed by atoms with E-state index in [0.717, 1.165) is 12.8 Å². The molecule has 0 aromatic rings. The molecule has 0 spiro atoms. The molecule has 0 aliphatic carbocycles. The summed E-state index contributed by atoms with van der Waals surface area (Å²) in [6, 6.07) is 0. The second-order valence-electron chi connectivity index (χ2n) is 5.86. The van der Waals surface area contributed by atoms with E-state index in [-0.39, 0.29) is 0 Å². The Labute approximate surface area is 133 Å². The lowest BCUT2D eigenvalue weighted by Gasteiger charge is -2.06. The fraction of sp³-hybridized carbons (Fsp3) is 0.619. The Morgan fingerprint density at radius 1 is 0.524 bits per heavy atom. The van der Waals surface area contributed by atoms with E-state index in [1.54, 1.807) is 5.57 Å². The van der Waals surface area contributed by atoms with E-state index >= 15 is 0 Å². The van der Waals surface area contributed by atoms with Crippen LogP contribution in [0.3, 0.4) is 0 Å². The number of hydrogen-bond acceptors (Lipinski definition) is 0. The highest BCUT2D eigenvalue weighted by Crippen LogP contribution is 2.17. The topological polar surface area (TPSA) is 0 Å². The van der Waals surface area contributed by atoms with Gasteiger partial charge in [0.25, 0.3) is 0 Å². The lowest BCUT2D eigenvalue weighted by Crippen LogP contribution is -1.86. The number of unbranched alkanes of at least 4 members (excludes halogenated alkanes) is 8. The van der Waals surface area contributed by atoms with Gasteiger partial charge in [-0.1, -0.05) is 49.1 Å². The standard InChI is InChI=1S/C21H36/c1-4-7-10-12-13-14-15-17-20-21(18-9-6-3)19-16-11-8-5-2/h4-6,20H,1-3,7-19H2. The van der Waals surface area contributed by atoms with Crippen LogP contribution in [0.5, 0.6) is 0 Å². The predicted octanol–water partition coefficient (Wildman–Crippen LogP) is 7.54. The third-order valence-corrected chi connectivity index (χ3v) is 3.87. The van der Waals surface area contributed by atoms with Gasteiger partial charge in [0.1, 0.15) is 0 Å². The molecule has 0 heterocycles. The van der Waals surface area contributed by atoms with Crippen LogP contribution in [0.2, 0.25) is 0 Å². The summed E-state index contributed by atoms with van der Waals surface area (Å²) in [6.45, 7) is 11.4. The molecule has 120 valence electrons. The maximum absolute atomic E-state index is 3.84. The van der Waals surface area contributed by atoms with Crippen LogP contribution in [0.15, 0.2) is 49.6 Å². The normalized spacial score (nSPS) is 11.3. The van der Waals surface area contributed by atoms with Crippen molar-refractivity contribution < 1.29 is 0 Å². The van der Waals surface area contributed by atoms with Gasteiger partial charge in [0.05, 0.1) is 0 Å². The fourth-order valence-corrected chi connectivity index (χ4v) is 2.53. The van der Waals surface area contributed by atoms with Crippen molar-refractivity contribution in [3.63, 3.8) is 0 Å². The van der Waals surface area contributed by atoms with Gasteiger partial charge in [0, 0.05) is 0 Å². The van der Waals surface area contributed by atoms with Crippen LogP contribution in [0.4, 0.5) is 0 Å². The third kappa shape index (κ3) is 15.2. The van der Waals surface area contributed by atoms with Crippen LogP contribution < -0.4 is 0 Å². The largest absolute Gasteiger partial charge is 0.103 e. The Morgan fingerprint density at radius 3 is 1.67 bits per heavy atom. The average Bonchev–Trinajstić information content (AvgIpc) is 2.50. The van der Waals surface area contributed by atoms with E-state index in [2.05, 4.69) is 25.8 Å². The third-order valence-electron chi connectivity index (χ3n) is 3.87. The molecule has 0 saturated carbocycles. The van der Waals surface area contributed by atoms with Gasteiger partial charge in [-0.05, 0) is 64.2 Å². The van der Waals surface area contributed by atoms with Gasteiger partial charge in [-0.25, -0.2) is 0 Å². The Kier molecular flexibility index (Phi) is 16.2. The molecule has 0 atom stereocenters. The SMILES string of the molecule is C=CCCCCCCCC=C(CCC=C)CCCCC=C. The zero-order valence-electron chi connectivity index (χ0n) is 14.1. The Bertz CT molecular complexity index is 282. The summed E-state index contributed by atoms with van der Waals surface area (Å²) in [7, 11) is 0. The lowest BCUT2D eigenvalue weighted by molar-refractivity contribution is 0.619. The van der Waals surface area contributed by atoms with Crippen molar-refractivity contribution in [2.24, 2.45) is 0 Å². The highest BCUT2D eigenvalue weighted by Gasteiger charge is 1.97. The Hall–Kier alpha value is -1.04. The van der Waals surface area contributed by atoms with Gasteiger partial charge in [-0.15, -0.1) is 19.7 Å². The second kappa shape index (κ2) is 17.0. The lowest BCUT2D eigenvalue weighted by atomic mass is 10.00. The number of allylic oxidation sites excluding steroid dienone is 5. The number of hydrogen-bond donors (Lipinski definition) is 0. The second-order valence-corrected chi connectivity index (χ2v) is 5.86. The van der Waals surface area contributed by atoms with E-state index < -0.39 is 0 Å². The Balaban J connectivity index is 3.75. The van der Waals surface area contributed by atoms with Gasteiger partial charge in [0.2, 0.25) is 0 Å². The quantitative estimate of drug-likeness (QED) is 0.203. The molecule has 0 aromatic heterocycles. The van der Waals surface area contributed by atoms with Crippen LogP contribution in [0, 0.1) is 0 Å². The molecule has 0 heteroatoms. The molecule has 0 unspecified atom stereocenters. The first-order valence-corrected chi connectivity index (χ1v) is 8.85. The van der Waals surface area contributed by atoms with E-state index in [0.29, 0.717) is 0 Å². The van der Waals surface area contributed by atoms with Crippen LogP contribution in [-0.2, 0) is 0 Å². The predicted molar refractivity (Wildman–Crippen MR) is 98.7 cm³/mol. The molecule has 0 N–H and O–H groups in total. The van der Waals surface area contributed by atoms with Crippen LogP contribution in [0.1, 0.15) is 83.5 Å². The van der Waals surface area contributed by atoms with E-state index in [1.165, 1.54) is 70.6 Å². The van der Waals surface area contributed by atoms with Gasteiger partial charge >= 0.3 is 0 Å². The summed E-state index contributed by atoms with van der Waals surface area (Å²) in [5, 5.41) is 0. The average molecular weight is 289 g/mol. The monoisotopic (exact) mass is 288 g/mol. The van der Waals surface area contributed by atoms with Crippen molar-refractivity contribution in [2.45, 2.75) is 83.5 Å². The van der Waals surface area contributed by atoms with Crippen molar-refractivity contribution in [2.75, 3.05) is 0 Å². The fourth-order valence-electron chi connectivity index (χ4n) is 2.53. The summed E-state index contributed by atoms with van der Waals surface area (Å²) in [6.07, 6.45) is 25.1. The molecule has 0 aliphatic rings. The van der Waals surface area contributed by atoms with Crippen molar-refractivity contribution in [1.82, 2.24) is 0 Å². The molecular weight excluding hydrogens is 252 g/mol. The van der Waals surface area contributed by atoms with E-state index in [4.69, 9.17) is 0 Å². The molecule has 0 fully saturated rings. The van der Waals surface area contributed by atoms with Gasteiger partial charge in [-0.3, -0.25) is 0 Å². The van der Waals surface area contributed by atoms with Crippen molar-refractivity contribution >= 4 is 0 Å². The minimum absolute atomic E-state index is 1.12. The first-order chi connectivity index (χ1) is 10.3. The Morgan fingerprint density at radius 2 is 1.05 bits per heavy atom. The first kappa shape index (κ1) is 20.0. The molecule has 21 heavy (non-hydrogen) atoms. The highest BCUT2D eigenvalue weighted by molar-refractivity contribution is 5.03. The summed E-state index contributed by atoms with van der Waals surface area (Å²) < 4.78 is 0. The van der Waals surface area contributed by atoms with E-state index in [9.17, 15) is 0 Å². The molecule has 0 aliphatic heterocycles. The summed E-state index contributed by atoms with van der Waals surface area (Å²) in [5.74, 6) is 0. The molecule has 0 saturated heterocycles. The molecule has 0 nitrogen and oxygen atoms in total. The van der Waals surface area contributed by atoms with Crippen molar-refractivity contribution in [1.29, 1.82) is 0 Å². The molecule has 0 radical (unpaired) electrons. The van der Waals surface area contributed by atoms with Gasteiger partial charge < -0.3 is 0 Å². The zero-order valence-corrected chi connectivity index (χ0v) is 14.1. The number of rotatable bonds is 16. The molecule has 0 aromatic carbocycles. The minimum atomic E-state index is 1.12. The van der Waals surface area contributed by atoms with Crippen LogP contribution in [-0.4, -0.2) is 0 Å².